The van der Waals surface area contributed by atoms with Crippen molar-refractivity contribution in [2.75, 3.05) is 6.54 Å². The van der Waals surface area contributed by atoms with E-state index in [1.807, 2.05) is 6.92 Å². The number of rotatable bonds is 4. The predicted octanol–water partition coefficient (Wildman–Crippen LogP) is 3.47. The molecule has 0 aliphatic heterocycles. The maximum absolute atomic E-state index is 13.5. The van der Waals surface area contributed by atoms with E-state index in [1.165, 1.54) is 6.07 Å². The van der Waals surface area contributed by atoms with Crippen LogP contribution in [0.4, 0.5) is 13.2 Å². The van der Waals surface area contributed by atoms with Gasteiger partial charge in [-0.2, -0.15) is 0 Å². The largest absolute Gasteiger partial charge is 0.460 e. The highest BCUT2D eigenvalue weighted by atomic mass is 19.2. The third-order valence-corrected chi connectivity index (χ3v) is 2.51. The average molecular weight is 255 g/mol. The molecular formula is C13H12F3NO. The fourth-order valence-electron chi connectivity index (χ4n) is 1.58. The molecular weight excluding hydrogens is 243 g/mol. The van der Waals surface area contributed by atoms with E-state index >= 15 is 0 Å². The van der Waals surface area contributed by atoms with Crippen molar-refractivity contribution in [1.82, 2.24) is 5.32 Å². The maximum Gasteiger partial charge on any atom is 0.195 e. The molecule has 0 unspecified atom stereocenters. The monoisotopic (exact) mass is 255 g/mol. The standard InChI is InChI=1S/C13H12F3NO/c1-2-17-7-8-3-6-11(18-8)9-4-5-10(14)13(16)12(9)15/h3-6,17H,2,7H2,1H3. The first-order valence-electron chi connectivity index (χ1n) is 5.56. The van der Waals surface area contributed by atoms with Crippen molar-refractivity contribution in [3.8, 4) is 11.3 Å². The van der Waals surface area contributed by atoms with Crippen LogP contribution in [0.25, 0.3) is 11.3 Å². The molecule has 2 aromatic rings. The van der Waals surface area contributed by atoms with Crippen LogP contribution >= 0.6 is 0 Å². The van der Waals surface area contributed by atoms with Crippen molar-refractivity contribution in [3.63, 3.8) is 0 Å². The first kappa shape index (κ1) is 12.7. The number of nitrogens with one attached hydrogen (secondary N) is 1. The summed E-state index contributed by atoms with van der Waals surface area (Å²) in [5.74, 6) is -3.15. The second-order valence-corrected chi connectivity index (χ2v) is 3.77. The van der Waals surface area contributed by atoms with Gasteiger partial charge in [0.2, 0.25) is 0 Å². The Morgan fingerprint density at radius 2 is 1.83 bits per heavy atom. The lowest BCUT2D eigenvalue weighted by Crippen LogP contribution is -2.10. The lowest BCUT2D eigenvalue weighted by Gasteiger charge is -2.02. The van der Waals surface area contributed by atoms with E-state index < -0.39 is 17.5 Å². The Labute approximate surface area is 102 Å². The molecule has 0 spiro atoms. The minimum Gasteiger partial charge on any atom is -0.460 e. The molecule has 2 nitrogen and oxygen atoms in total. The van der Waals surface area contributed by atoms with E-state index in [-0.39, 0.29) is 11.3 Å². The normalized spacial score (nSPS) is 10.9. The number of hydrogen-bond acceptors (Lipinski definition) is 2. The van der Waals surface area contributed by atoms with Crippen LogP contribution in [0.1, 0.15) is 12.7 Å². The summed E-state index contributed by atoms with van der Waals surface area (Å²) in [4.78, 5) is 0. The Morgan fingerprint density at radius 1 is 1.06 bits per heavy atom. The smallest absolute Gasteiger partial charge is 0.195 e. The molecule has 5 heteroatoms. The van der Waals surface area contributed by atoms with Crippen LogP contribution in [0.2, 0.25) is 0 Å². The molecule has 2 rings (SSSR count). The quantitative estimate of drug-likeness (QED) is 0.846. The molecule has 0 atom stereocenters. The number of halogens is 3. The van der Waals surface area contributed by atoms with Gasteiger partial charge in [-0.05, 0) is 30.8 Å². The van der Waals surface area contributed by atoms with E-state index in [4.69, 9.17) is 4.42 Å². The van der Waals surface area contributed by atoms with Gasteiger partial charge in [-0.25, -0.2) is 13.2 Å². The molecule has 0 amide bonds. The second-order valence-electron chi connectivity index (χ2n) is 3.77. The van der Waals surface area contributed by atoms with Gasteiger partial charge < -0.3 is 9.73 Å². The Kier molecular flexibility index (Phi) is 3.72. The van der Waals surface area contributed by atoms with Crippen molar-refractivity contribution in [2.24, 2.45) is 0 Å². The van der Waals surface area contributed by atoms with Crippen LogP contribution in [-0.2, 0) is 6.54 Å². The summed E-state index contributed by atoms with van der Waals surface area (Å²) in [5, 5.41) is 3.04. The molecule has 1 heterocycles. The topological polar surface area (TPSA) is 25.2 Å². The highest BCUT2D eigenvalue weighted by molar-refractivity contribution is 5.58. The number of benzene rings is 1. The molecule has 0 aliphatic carbocycles. The third kappa shape index (κ3) is 2.41. The van der Waals surface area contributed by atoms with E-state index in [0.717, 1.165) is 18.7 Å². The number of furan rings is 1. The lowest BCUT2D eigenvalue weighted by atomic mass is 10.1. The fourth-order valence-corrected chi connectivity index (χ4v) is 1.58. The zero-order valence-electron chi connectivity index (χ0n) is 9.77. The predicted molar refractivity (Wildman–Crippen MR) is 61.4 cm³/mol. The van der Waals surface area contributed by atoms with Gasteiger partial charge in [0, 0.05) is 0 Å². The van der Waals surface area contributed by atoms with Gasteiger partial charge in [0.25, 0.3) is 0 Å². The van der Waals surface area contributed by atoms with Crippen LogP contribution in [0, 0.1) is 17.5 Å². The van der Waals surface area contributed by atoms with Gasteiger partial charge in [0.1, 0.15) is 11.5 Å². The fraction of sp³-hybridized carbons (Fsp3) is 0.231. The van der Waals surface area contributed by atoms with E-state index in [9.17, 15) is 13.2 Å². The van der Waals surface area contributed by atoms with E-state index in [1.54, 1.807) is 6.07 Å². The van der Waals surface area contributed by atoms with Gasteiger partial charge in [-0.15, -0.1) is 0 Å². The zero-order valence-corrected chi connectivity index (χ0v) is 9.77. The van der Waals surface area contributed by atoms with Crippen LogP contribution in [-0.4, -0.2) is 6.54 Å². The van der Waals surface area contributed by atoms with Crippen LogP contribution in [0.5, 0.6) is 0 Å². The molecule has 1 aromatic heterocycles. The molecule has 0 fully saturated rings. The minimum absolute atomic E-state index is 0.0864. The van der Waals surface area contributed by atoms with Gasteiger partial charge in [-0.3, -0.25) is 0 Å². The summed E-state index contributed by atoms with van der Waals surface area (Å²) in [6.45, 7) is 3.22. The lowest BCUT2D eigenvalue weighted by molar-refractivity contribution is 0.444. The minimum atomic E-state index is -1.49. The zero-order chi connectivity index (χ0) is 13.1. The Balaban J connectivity index is 2.31. The van der Waals surface area contributed by atoms with Crippen LogP contribution in [0.15, 0.2) is 28.7 Å². The van der Waals surface area contributed by atoms with Crippen molar-refractivity contribution >= 4 is 0 Å². The Hall–Kier alpha value is -1.75. The average Bonchev–Trinajstić information content (AvgIpc) is 2.82. The molecule has 0 aliphatic rings. The van der Waals surface area contributed by atoms with Crippen LogP contribution in [0.3, 0.4) is 0 Å². The molecule has 96 valence electrons. The maximum atomic E-state index is 13.5. The van der Waals surface area contributed by atoms with Gasteiger partial charge in [0.05, 0.1) is 12.1 Å². The summed E-state index contributed by atoms with van der Waals surface area (Å²) < 4.78 is 44.7. The first-order valence-corrected chi connectivity index (χ1v) is 5.56. The summed E-state index contributed by atoms with van der Waals surface area (Å²) in [6, 6.07) is 5.23. The Bertz CT molecular complexity index is 551. The molecule has 0 bridgehead atoms. The molecule has 1 aromatic carbocycles. The second kappa shape index (κ2) is 5.27. The first-order chi connectivity index (χ1) is 8.63. The molecule has 0 radical (unpaired) electrons. The third-order valence-electron chi connectivity index (χ3n) is 2.51. The highest BCUT2D eigenvalue weighted by Crippen LogP contribution is 2.27. The van der Waals surface area contributed by atoms with Crippen molar-refractivity contribution in [3.05, 3.63) is 47.5 Å². The van der Waals surface area contributed by atoms with Crippen molar-refractivity contribution in [1.29, 1.82) is 0 Å². The van der Waals surface area contributed by atoms with Gasteiger partial charge in [0.15, 0.2) is 17.5 Å². The van der Waals surface area contributed by atoms with Crippen molar-refractivity contribution in [2.45, 2.75) is 13.5 Å². The van der Waals surface area contributed by atoms with Crippen molar-refractivity contribution < 1.29 is 17.6 Å². The number of hydrogen-bond donors (Lipinski definition) is 1. The van der Waals surface area contributed by atoms with Gasteiger partial charge in [-0.1, -0.05) is 6.92 Å². The van der Waals surface area contributed by atoms with Gasteiger partial charge >= 0.3 is 0 Å². The molecule has 1 N–H and O–H groups in total. The molecule has 0 saturated heterocycles. The summed E-state index contributed by atoms with van der Waals surface area (Å²) >= 11 is 0. The molecule has 18 heavy (non-hydrogen) atoms. The highest BCUT2D eigenvalue weighted by Gasteiger charge is 2.16. The summed E-state index contributed by atoms with van der Waals surface area (Å²) in [6.07, 6.45) is 0. The van der Waals surface area contributed by atoms with Crippen LogP contribution < -0.4 is 5.32 Å². The Morgan fingerprint density at radius 3 is 2.56 bits per heavy atom. The summed E-state index contributed by atoms with van der Waals surface area (Å²) in [7, 11) is 0. The molecule has 0 saturated carbocycles. The van der Waals surface area contributed by atoms with E-state index in [2.05, 4.69) is 5.32 Å². The summed E-state index contributed by atoms with van der Waals surface area (Å²) in [5.41, 5.74) is -0.0864. The SMILES string of the molecule is CCNCc1ccc(-c2ccc(F)c(F)c2F)o1. The van der Waals surface area contributed by atoms with E-state index in [0.29, 0.717) is 12.3 Å².